The zero-order chi connectivity index (χ0) is 14.6. The lowest BCUT2D eigenvalue weighted by atomic mass is 9.92. The summed E-state index contributed by atoms with van der Waals surface area (Å²) in [5, 5.41) is 11.2. The molecule has 0 aromatic heterocycles. The van der Waals surface area contributed by atoms with Crippen molar-refractivity contribution < 1.29 is 4.92 Å². The van der Waals surface area contributed by atoms with Crippen LogP contribution in [0.15, 0.2) is 12.1 Å². The van der Waals surface area contributed by atoms with Crippen LogP contribution in [0.25, 0.3) is 0 Å². The summed E-state index contributed by atoms with van der Waals surface area (Å²) in [4.78, 5) is 10.9. The summed E-state index contributed by atoms with van der Waals surface area (Å²) in [7, 11) is 0. The summed E-state index contributed by atoms with van der Waals surface area (Å²) in [6.07, 6.45) is 1.68. The third-order valence-electron chi connectivity index (χ3n) is 2.98. The molecule has 0 aliphatic heterocycles. The van der Waals surface area contributed by atoms with Gasteiger partial charge in [0.15, 0.2) is 0 Å². The summed E-state index contributed by atoms with van der Waals surface area (Å²) >= 11 is 5.92. The van der Waals surface area contributed by atoms with Gasteiger partial charge in [-0.15, -0.1) is 11.6 Å². The molecule has 4 heteroatoms. The molecule has 0 atom stereocenters. The fraction of sp³-hybridized carbons (Fsp3) is 0.600. The molecule has 106 valence electrons. The van der Waals surface area contributed by atoms with Crippen molar-refractivity contribution in [3.63, 3.8) is 0 Å². The highest BCUT2D eigenvalue weighted by Gasteiger charge is 2.19. The number of nitrogens with zero attached hydrogens (tertiary/aromatic N) is 1. The van der Waals surface area contributed by atoms with Crippen molar-refractivity contribution in [2.75, 3.05) is 0 Å². The molecule has 0 aliphatic carbocycles. The molecule has 1 aromatic carbocycles. The Labute approximate surface area is 120 Å². The summed E-state index contributed by atoms with van der Waals surface area (Å²) in [5.74, 6) is 1.13. The molecule has 0 aliphatic rings. The second-order valence-corrected chi connectivity index (χ2v) is 6.11. The molecule has 0 amide bonds. The number of benzene rings is 1. The van der Waals surface area contributed by atoms with E-state index in [0.29, 0.717) is 17.4 Å². The highest BCUT2D eigenvalue weighted by Crippen LogP contribution is 2.29. The molecule has 0 saturated carbocycles. The van der Waals surface area contributed by atoms with Gasteiger partial charge in [0.05, 0.1) is 10.8 Å². The fourth-order valence-electron chi connectivity index (χ4n) is 2.31. The van der Waals surface area contributed by atoms with Gasteiger partial charge >= 0.3 is 0 Å². The van der Waals surface area contributed by atoms with Gasteiger partial charge in [0.25, 0.3) is 5.69 Å². The zero-order valence-electron chi connectivity index (χ0n) is 12.1. The number of rotatable bonds is 6. The van der Waals surface area contributed by atoms with Gasteiger partial charge in [0.2, 0.25) is 0 Å². The van der Waals surface area contributed by atoms with Crippen LogP contribution in [-0.2, 0) is 18.7 Å². The number of hydrogen-bond donors (Lipinski definition) is 0. The Balaban J connectivity index is 3.31. The van der Waals surface area contributed by atoms with E-state index < -0.39 is 0 Å². The van der Waals surface area contributed by atoms with Crippen molar-refractivity contribution in [2.45, 2.75) is 46.4 Å². The summed E-state index contributed by atoms with van der Waals surface area (Å²) in [5.41, 5.74) is 2.90. The molecule has 0 bridgehead atoms. The first-order valence-electron chi connectivity index (χ1n) is 6.70. The molecule has 0 fully saturated rings. The van der Waals surface area contributed by atoms with Crippen LogP contribution in [0.1, 0.15) is 44.4 Å². The van der Waals surface area contributed by atoms with Gasteiger partial charge in [0.1, 0.15) is 0 Å². The van der Waals surface area contributed by atoms with Crippen LogP contribution >= 0.6 is 11.6 Å². The molecular weight excluding hydrogens is 262 g/mol. The monoisotopic (exact) mass is 283 g/mol. The smallest absolute Gasteiger partial charge is 0.258 e. The average molecular weight is 284 g/mol. The molecule has 0 N–H and O–H groups in total. The van der Waals surface area contributed by atoms with Crippen LogP contribution < -0.4 is 0 Å². The standard InChI is InChI=1S/C15H22ClNO2/c1-10(2)5-12-7-13(6-11(3)4)14(9-16)15(8-12)17(18)19/h7-8,10-11H,5-6,9H2,1-4H3. The lowest BCUT2D eigenvalue weighted by Gasteiger charge is -2.14. The molecule has 3 nitrogen and oxygen atoms in total. The van der Waals surface area contributed by atoms with E-state index in [9.17, 15) is 10.1 Å². The molecule has 0 heterocycles. The predicted octanol–water partition coefficient (Wildman–Crippen LogP) is 4.73. The minimum atomic E-state index is -0.314. The molecule has 0 unspecified atom stereocenters. The third-order valence-corrected chi connectivity index (χ3v) is 3.25. The van der Waals surface area contributed by atoms with E-state index in [1.807, 2.05) is 0 Å². The predicted molar refractivity (Wildman–Crippen MR) is 79.7 cm³/mol. The van der Waals surface area contributed by atoms with Gasteiger partial charge in [0, 0.05) is 11.6 Å². The van der Waals surface area contributed by atoms with E-state index in [2.05, 4.69) is 33.8 Å². The number of alkyl halides is 1. The summed E-state index contributed by atoms with van der Waals surface area (Å²) < 4.78 is 0. The van der Waals surface area contributed by atoms with Gasteiger partial charge in [-0.2, -0.15) is 0 Å². The van der Waals surface area contributed by atoms with E-state index >= 15 is 0 Å². The second kappa shape index (κ2) is 6.90. The van der Waals surface area contributed by atoms with Gasteiger partial charge in [-0.1, -0.05) is 33.8 Å². The van der Waals surface area contributed by atoms with Crippen LogP contribution in [0.4, 0.5) is 5.69 Å². The van der Waals surface area contributed by atoms with Crippen LogP contribution in [0.3, 0.4) is 0 Å². The maximum absolute atomic E-state index is 11.2. The van der Waals surface area contributed by atoms with Crippen LogP contribution in [0, 0.1) is 22.0 Å². The average Bonchev–Trinajstić information content (AvgIpc) is 2.26. The minimum Gasteiger partial charge on any atom is -0.258 e. The molecule has 19 heavy (non-hydrogen) atoms. The van der Waals surface area contributed by atoms with Gasteiger partial charge in [-0.25, -0.2) is 0 Å². The maximum atomic E-state index is 11.2. The van der Waals surface area contributed by atoms with E-state index in [1.165, 1.54) is 0 Å². The molecule has 1 aromatic rings. The number of hydrogen-bond acceptors (Lipinski definition) is 2. The quantitative estimate of drug-likeness (QED) is 0.430. The summed E-state index contributed by atoms with van der Waals surface area (Å²) in [6.45, 7) is 8.45. The molecule has 0 radical (unpaired) electrons. The van der Waals surface area contributed by atoms with Crippen LogP contribution in [0.5, 0.6) is 0 Å². The highest BCUT2D eigenvalue weighted by atomic mass is 35.5. The fourth-order valence-corrected chi connectivity index (χ4v) is 2.62. The zero-order valence-corrected chi connectivity index (χ0v) is 12.8. The topological polar surface area (TPSA) is 43.1 Å². The first-order chi connectivity index (χ1) is 8.85. The van der Waals surface area contributed by atoms with Crippen molar-refractivity contribution in [3.05, 3.63) is 38.9 Å². The number of nitro benzene ring substituents is 1. The lowest BCUT2D eigenvalue weighted by molar-refractivity contribution is -0.385. The van der Waals surface area contributed by atoms with Crippen molar-refractivity contribution in [3.8, 4) is 0 Å². The SMILES string of the molecule is CC(C)Cc1cc(CC(C)C)c(CCl)c([N+](=O)[O-])c1. The Hall–Kier alpha value is -1.09. The Morgan fingerprint density at radius 3 is 2.16 bits per heavy atom. The first-order valence-corrected chi connectivity index (χ1v) is 7.23. The maximum Gasteiger partial charge on any atom is 0.274 e. The number of nitro groups is 1. The van der Waals surface area contributed by atoms with Crippen molar-refractivity contribution in [1.82, 2.24) is 0 Å². The van der Waals surface area contributed by atoms with Crippen molar-refractivity contribution >= 4 is 17.3 Å². The Morgan fingerprint density at radius 2 is 1.74 bits per heavy atom. The largest absolute Gasteiger partial charge is 0.274 e. The molecule has 1 rings (SSSR count). The van der Waals surface area contributed by atoms with Crippen molar-refractivity contribution in [2.24, 2.45) is 11.8 Å². The lowest BCUT2D eigenvalue weighted by Crippen LogP contribution is -2.05. The molecular formula is C15H22ClNO2. The Kier molecular flexibility index (Phi) is 5.80. The Bertz CT molecular complexity index is 456. The van der Waals surface area contributed by atoms with E-state index in [4.69, 9.17) is 11.6 Å². The van der Waals surface area contributed by atoms with E-state index in [1.54, 1.807) is 6.07 Å². The van der Waals surface area contributed by atoms with Crippen molar-refractivity contribution in [1.29, 1.82) is 0 Å². The van der Waals surface area contributed by atoms with E-state index in [-0.39, 0.29) is 16.5 Å². The first kappa shape index (κ1) is 16.0. The van der Waals surface area contributed by atoms with Gasteiger partial charge in [-0.3, -0.25) is 10.1 Å². The summed E-state index contributed by atoms with van der Waals surface area (Å²) in [6, 6.07) is 3.77. The molecule has 0 saturated heterocycles. The van der Waals surface area contributed by atoms with Gasteiger partial charge in [-0.05, 0) is 35.8 Å². The second-order valence-electron chi connectivity index (χ2n) is 5.84. The molecule has 0 spiro atoms. The van der Waals surface area contributed by atoms with Crippen LogP contribution in [0.2, 0.25) is 0 Å². The highest BCUT2D eigenvalue weighted by molar-refractivity contribution is 6.17. The third kappa shape index (κ3) is 4.50. The minimum absolute atomic E-state index is 0.170. The Morgan fingerprint density at radius 1 is 1.16 bits per heavy atom. The van der Waals surface area contributed by atoms with E-state index in [0.717, 1.165) is 24.0 Å². The number of halogens is 1. The normalized spacial score (nSPS) is 11.3. The van der Waals surface area contributed by atoms with Gasteiger partial charge < -0.3 is 0 Å². The van der Waals surface area contributed by atoms with Crippen LogP contribution in [-0.4, -0.2) is 4.92 Å².